The Kier molecular flexibility index (Phi) is 7.76. The Morgan fingerprint density at radius 3 is 2.77 bits per heavy atom. The van der Waals surface area contributed by atoms with Gasteiger partial charge in [0.2, 0.25) is 0 Å². The highest BCUT2D eigenvalue weighted by molar-refractivity contribution is 8.13. The number of aromatic hydroxyl groups is 1. The SMILES string of the molecule is C=CCc1cc(C=NN=C(N)SCc2ccccc2)cc(OCC)c1O. The molecule has 0 aliphatic carbocycles. The van der Waals surface area contributed by atoms with Crippen molar-refractivity contribution in [3.63, 3.8) is 0 Å². The Morgan fingerprint density at radius 2 is 2.08 bits per heavy atom. The standard InChI is InChI=1S/C20H23N3O2S/c1-3-8-17-11-16(12-18(19(17)24)25-4-2)13-22-23-20(21)26-14-15-9-6-5-7-10-15/h3,5-7,9-13,24H,1,4,8,14H2,2H3,(H2,21,23). The molecule has 3 N–H and O–H groups in total. The molecule has 26 heavy (non-hydrogen) atoms. The first-order valence-electron chi connectivity index (χ1n) is 8.26. The third kappa shape index (κ3) is 5.97. The van der Waals surface area contributed by atoms with Crippen molar-refractivity contribution in [2.45, 2.75) is 19.1 Å². The fourth-order valence-electron chi connectivity index (χ4n) is 2.25. The quantitative estimate of drug-likeness (QED) is 0.318. The van der Waals surface area contributed by atoms with Crippen LogP contribution in [0.1, 0.15) is 23.6 Å². The summed E-state index contributed by atoms with van der Waals surface area (Å²) in [4.78, 5) is 0. The number of benzene rings is 2. The highest BCUT2D eigenvalue weighted by Crippen LogP contribution is 2.32. The molecule has 0 saturated heterocycles. The first-order chi connectivity index (χ1) is 12.6. The van der Waals surface area contributed by atoms with Crippen LogP contribution in [0.2, 0.25) is 0 Å². The van der Waals surface area contributed by atoms with Gasteiger partial charge in [-0.1, -0.05) is 48.2 Å². The number of hydrogen-bond acceptors (Lipinski definition) is 5. The monoisotopic (exact) mass is 369 g/mol. The molecule has 6 heteroatoms. The molecule has 2 rings (SSSR count). The lowest BCUT2D eigenvalue weighted by Gasteiger charge is -2.10. The summed E-state index contributed by atoms with van der Waals surface area (Å²) >= 11 is 1.43. The van der Waals surface area contributed by atoms with E-state index in [1.54, 1.807) is 18.4 Å². The predicted molar refractivity (Wildman–Crippen MR) is 110 cm³/mol. The second-order valence-corrected chi connectivity index (χ2v) is 6.41. The first kappa shape index (κ1) is 19.6. The van der Waals surface area contributed by atoms with Gasteiger partial charge in [-0.3, -0.25) is 0 Å². The van der Waals surface area contributed by atoms with E-state index in [1.165, 1.54) is 17.3 Å². The van der Waals surface area contributed by atoms with E-state index in [2.05, 4.69) is 16.8 Å². The number of hydrogen-bond donors (Lipinski definition) is 2. The van der Waals surface area contributed by atoms with Crippen LogP contribution in [0.5, 0.6) is 11.5 Å². The fraction of sp³-hybridized carbons (Fsp3) is 0.200. The number of allylic oxidation sites excluding steroid dienone is 1. The Bertz CT molecular complexity index is 789. The molecule has 0 fully saturated rings. The molecule has 0 aliphatic heterocycles. The maximum atomic E-state index is 10.2. The van der Waals surface area contributed by atoms with Crippen molar-refractivity contribution in [1.82, 2.24) is 0 Å². The van der Waals surface area contributed by atoms with Crippen molar-refractivity contribution >= 4 is 23.1 Å². The fourth-order valence-corrected chi connectivity index (χ4v) is 2.87. The predicted octanol–water partition coefficient (Wildman–Crippen LogP) is 4.10. The van der Waals surface area contributed by atoms with Crippen molar-refractivity contribution in [3.05, 3.63) is 71.8 Å². The van der Waals surface area contributed by atoms with E-state index < -0.39 is 0 Å². The minimum atomic E-state index is 0.130. The highest BCUT2D eigenvalue weighted by Gasteiger charge is 2.09. The average Bonchev–Trinajstić information content (AvgIpc) is 2.65. The number of amidine groups is 1. The molecule has 0 unspecified atom stereocenters. The summed E-state index contributed by atoms with van der Waals surface area (Å²) in [5.41, 5.74) is 8.56. The second kappa shape index (κ2) is 10.3. The number of phenols is 1. The van der Waals surface area contributed by atoms with E-state index in [0.29, 0.717) is 23.9 Å². The van der Waals surface area contributed by atoms with Gasteiger partial charge in [0, 0.05) is 11.3 Å². The summed E-state index contributed by atoms with van der Waals surface area (Å²) in [6, 6.07) is 13.6. The lowest BCUT2D eigenvalue weighted by molar-refractivity contribution is 0.317. The van der Waals surface area contributed by atoms with Crippen molar-refractivity contribution in [3.8, 4) is 11.5 Å². The molecule has 0 radical (unpaired) electrons. The van der Waals surface area contributed by atoms with E-state index >= 15 is 0 Å². The van der Waals surface area contributed by atoms with Gasteiger partial charge < -0.3 is 15.6 Å². The summed E-state index contributed by atoms with van der Waals surface area (Å²) in [5, 5.41) is 18.6. The van der Waals surface area contributed by atoms with Crippen molar-refractivity contribution < 1.29 is 9.84 Å². The molecule has 0 spiro atoms. The molecule has 136 valence electrons. The molecule has 0 bridgehead atoms. The molecular weight excluding hydrogens is 346 g/mol. The van der Waals surface area contributed by atoms with E-state index in [1.807, 2.05) is 43.3 Å². The van der Waals surface area contributed by atoms with Crippen LogP contribution in [0.15, 0.2) is 65.3 Å². The van der Waals surface area contributed by atoms with Gasteiger partial charge in [-0.05, 0) is 36.6 Å². The summed E-state index contributed by atoms with van der Waals surface area (Å²) < 4.78 is 5.47. The van der Waals surface area contributed by atoms with E-state index in [0.717, 1.165) is 16.9 Å². The van der Waals surface area contributed by atoms with Crippen LogP contribution in [-0.2, 0) is 12.2 Å². The molecule has 2 aromatic carbocycles. The third-order valence-electron chi connectivity index (χ3n) is 3.43. The van der Waals surface area contributed by atoms with Crippen molar-refractivity contribution in [2.24, 2.45) is 15.9 Å². The Hall–Kier alpha value is -2.73. The number of phenolic OH excluding ortho intramolecular Hbond substituents is 1. The Balaban J connectivity index is 2.07. The van der Waals surface area contributed by atoms with Crippen LogP contribution in [0.4, 0.5) is 0 Å². The van der Waals surface area contributed by atoms with Crippen LogP contribution >= 0.6 is 11.8 Å². The topological polar surface area (TPSA) is 80.2 Å². The van der Waals surface area contributed by atoms with Gasteiger partial charge in [-0.2, -0.15) is 5.10 Å². The zero-order valence-corrected chi connectivity index (χ0v) is 15.6. The number of rotatable bonds is 8. The number of nitrogens with two attached hydrogens (primary N) is 1. The number of nitrogens with zero attached hydrogens (tertiary/aromatic N) is 2. The smallest absolute Gasteiger partial charge is 0.180 e. The molecule has 0 atom stereocenters. The number of thioether (sulfide) groups is 1. The maximum absolute atomic E-state index is 10.2. The Labute approximate surface area is 158 Å². The first-order valence-corrected chi connectivity index (χ1v) is 9.25. The lowest BCUT2D eigenvalue weighted by atomic mass is 10.1. The van der Waals surface area contributed by atoms with Crippen LogP contribution < -0.4 is 10.5 Å². The molecule has 0 aliphatic rings. The summed E-state index contributed by atoms with van der Waals surface area (Å²) in [5.74, 6) is 1.29. The van der Waals surface area contributed by atoms with E-state index in [9.17, 15) is 5.11 Å². The van der Waals surface area contributed by atoms with Gasteiger partial charge >= 0.3 is 0 Å². The van der Waals surface area contributed by atoms with Crippen molar-refractivity contribution in [2.75, 3.05) is 6.61 Å². The molecular formula is C20H23N3O2S. The minimum absolute atomic E-state index is 0.130. The molecule has 0 heterocycles. The van der Waals surface area contributed by atoms with Gasteiger partial charge in [0.25, 0.3) is 0 Å². The van der Waals surface area contributed by atoms with Gasteiger partial charge in [0.15, 0.2) is 16.7 Å². The summed E-state index contributed by atoms with van der Waals surface area (Å²) in [6.07, 6.45) is 3.85. The Morgan fingerprint density at radius 1 is 1.31 bits per heavy atom. The highest BCUT2D eigenvalue weighted by atomic mass is 32.2. The van der Waals surface area contributed by atoms with Gasteiger partial charge in [-0.25, -0.2) is 0 Å². The molecule has 2 aromatic rings. The van der Waals surface area contributed by atoms with Crippen LogP contribution in [0, 0.1) is 0 Å². The second-order valence-electron chi connectivity index (χ2n) is 5.41. The molecule has 5 nitrogen and oxygen atoms in total. The molecule has 0 aromatic heterocycles. The van der Waals surface area contributed by atoms with Crippen LogP contribution in [0.3, 0.4) is 0 Å². The summed E-state index contributed by atoms with van der Waals surface area (Å²) in [7, 11) is 0. The lowest BCUT2D eigenvalue weighted by Crippen LogP contribution is -2.06. The normalized spacial score (nSPS) is 11.7. The van der Waals surface area contributed by atoms with E-state index in [-0.39, 0.29) is 5.75 Å². The van der Waals surface area contributed by atoms with Gasteiger partial charge in [0.05, 0.1) is 12.8 Å². The third-order valence-corrected chi connectivity index (χ3v) is 4.29. The largest absolute Gasteiger partial charge is 0.504 e. The van der Waals surface area contributed by atoms with E-state index in [4.69, 9.17) is 10.5 Å². The van der Waals surface area contributed by atoms with Crippen LogP contribution in [0.25, 0.3) is 0 Å². The van der Waals surface area contributed by atoms with Crippen LogP contribution in [-0.4, -0.2) is 23.1 Å². The van der Waals surface area contributed by atoms with Gasteiger partial charge in [-0.15, -0.1) is 11.7 Å². The minimum Gasteiger partial charge on any atom is -0.504 e. The molecule has 0 saturated carbocycles. The number of ether oxygens (including phenoxy) is 1. The van der Waals surface area contributed by atoms with Crippen molar-refractivity contribution in [1.29, 1.82) is 0 Å². The molecule has 0 amide bonds. The van der Waals surface area contributed by atoms with Gasteiger partial charge in [0.1, 0.15) is 0 Å². The maximum Gasteiger partial charge on any atom is 0.180 e. The summed E-state index contributed by atoms with van der Waals surface area (Å²) in [6.45, 7) is 6.03. The zero-order valence-electron chi connectivity index (χ0n) is 14.8. The average molecular weight is 369 g/mol. The zero-order chi connectivity index (χ0) is 18.8.